The van der Waals surface area contributed by atoms with Crippen molar-refractivity contribution in [1.29, 1.82) is 0 Å². The molecule has 0 aromatic carbocycles. The molecule has 2 N–H and O–H groups in total. The van der Waals surface area contributed by atoms with Gasteiger partial charge < -0.3 is 5.73 Å². The van der Waals surface area contributed by atoms with Gasteiger partial charge in [-0.3, -0.25) is 4.90 Å². The molecule has 0 radical (unpaired) electrons. The standard InChI is InChI=1S/C9H20N2/c1-7(2)8(3)4-11-5-9(10)6-11/h7-9H,4-6,10H2,1-3H3. The third-order valence-corrected chi connectivity index (χ3v) is 2.67. The van der Waals surface area contributed by atoms with Crippen molar-refractivity contribution in [3.05, 3.63) is 0 Å². The van der Waals surface area contributed by atoms with Gasteiger partial charge in [-0.05, 0) is 11.8 Å². The van der Waals surface area contributed by atoms with Gasteiger partial charge in [-0.25, -0.2) is 0 Å². The molecule has 1 fully saturated rings. The summed E-state index contributed by atoms with van der Waals surface area (Å²) in [5.41, 5.74) is 5.68. The van der Waals surface area contributed by atoms with Crippen molar-refractivity contribution < 1.29 is 0 Å². The quantitative estimate of drug-likeness (QED) is 0.658. The molecule has 66 valence electrons. The third-order valence-electron chi connectivity index (χ3n) is 2.67. The number of hydrogen-bond donors (Lipinski definition) is 1. The highest BCUT2D eigenvalue weighted by Gasteiger charge is 2.24. The first-order valence-electron chi connectivity index (χ1n) is 4.57. The Morgan fingerprint density at radius 2 is 1.91 bits per heavy atom. The second-order valence-corrected chi connectivity index (χ2v) is 4.20. The van der Waals surface area contributed by atoms with Crippen molar-refractivity contribution in [3.8, 4) is 0 Å². The Morgan fingerprint density at radius 1 is 1.36 bits per heavy atom. The zero-order valence-corrected chi connectivity index (χ0v) is 7.88. The lowest BCUT2D eigenvalue weighted by Gasteiger charge is -2.39. The van der Waals surface area contributed by atoms with E-state index in [4.69, 9.17) is 5.73 Å². The molecule has 11 heavy (non-hydrogen) atoms. The van der Waals surface area contributed by atoms with E-state index in [1.165, 1.54) is 6.54 Å². The van der Waals surface area contributed by atoms with Crippen LogP contribution in [0.15, 0.2) is 0 Å². The van der Waals surface area contributed by atoms with Crippen molar-refractivity contribution >= 4 is 0 Å². The molecule has 0 spiro atoms. The second kappa shape index (κ2) is 3.55. The summed E-state index contributed by atoms with van der Waals surface area (Å²) in [7, 11) is 0. The molecule has 0 aromatic rings. The SMILES string of the molecule is CC(C)C(C)CN1CC(N)C1. The normalized spacial score (nSPS) is 23.7. The minimum Gasteiger partial charge on any atom is -0.325 e. The molecule has 1 heterocycles. The van der Waals surface area contributed by atoms with Gasteiger partial charge in [0.2, 0.25) is 0 Å². The number of nitrogens with zero attached hydrogens (tertiary/aromatic N) is 1. The predicted octanol–water partition coefficient (Wildman–Crippen LogP) is 0.921. The molecule has 0 amide bonds. The van der Waals surface area contributed by atoms with Crippen molar-refractivity contribution in [2.24, 2.45) is 17.6 Å². The van der Waals surface area contributed by atoms with Gasteiger partial charge in [0.05, 0.1) is 0 Å². The van der Waals surface area contributed by atoms with E-state index in [1.807, 2.05) is 0 Å². The average Bonchev–Trinajstić information content (AvgIpc) is 1.84. The fraction of sp³-hybridized carbons (Fsp3) is 1.00. The highest BCUT2D eigenvalue weighted by Crippen LogP contribution is 2.14. The van der Waals surface area contributed by atoms with Crippen LogP contribution in [-0.4, -0.2) is 30.6 Å². The molecule has 0 saturated carbocycles. The molecule has 2 heteroatoms. The lowest BCUT2D eigenvalue weighted by molar-refractivity contribution is 0.118. The monoisotopic (exact) mass is 156 g/mol. The highest BCUT2D eigenvalue weighted by molar-refractivity contribution is 4.83. The van der Waals surface area contributed by atoms with Gasteiger partial charge in [-0.15, -0.1) is 0 Å². The second-order valence-electron chi connectivity index (χ2n) is 4.20. The van der Waals surface area contributed by atoms with Crippen LogP contribution < -0.4 is 5.73 Å². The molecular formula is C9H20N2. The Hall–Kier alpha value is -0.0800. The smallest absolute Gasteiger partial charge is 0.0297 e. The zero-order chi connectivity index (χ0) is 8.43. The summed E-state index contributed by atoms with van der Waals surface area (Å²) in [6.45, 7) is 10.3. The van der Waals surface area contributed by atoms with E-state index < -0.39 is 0 Å². The number of rotatable bonds is 3. The molecule has 2 nitrogen and oxygen atoms in total. The Kier molecular flexibility index (Phi) is 2.90. The maximum atomic E-state index is 5.68. The summed E-state index contributed by atoms with van der Waals surface area (Å²) in [5.74, 6) is 1.61. The van der Waals surface area contributed by atoms with Crippen molar-refractivity contribution in [1.82, 2.24) is 4.90 Å². The van der Waals surface area contributed by atoms with Gasteiger partial charge in [0.1, 0.15) is 0 Å². The molecule has 1 atom stereocenters. The zero-order valence-electron chi connectivity index (χ0n) is 7.88. The van der Waals surface area contributed by atoms with Gasteiger partial charge in [0.25, 0.3) is 0 Å². The summed E-state index contributed by atoms with van der Waals surface area (Å²) < 4.78 is 0. The maximum Gasteiger partial charge on any atom is 0.0297 e. The third kappa shape index (κ3) is 2.46. The maximum absolute atomic E-state index is 5.68. The van der Waals surface area contributed by atoms with E-state index in [0.29, 0.717) is 6.04 Å². The Balaban J connectivity index is 2.11. The minimum atomic E-state index is 0.453. The molecule has 0 aliphatic carbocycles. The van der Waals surface area contributed by atoms with E-state index in [2.05, 4.69) is 25.7 Å². The van der Waals surface area contributed by atoms with Crippen LogP contribution in [0.4, 0.5) is 0 Å². The van der Waals surface area contributed by atoms with Gasteiger partial charge in [-0.2, -0.15) is 0 Å². The topological polar surface area (TPSA) is 29.3 Å². The summed E-state index contributed by atoms with van der Waals surface area (Å²) >= 11 is 0. The van der Waals surface area contributed by atoms with Crippen LogP contribution >= 0.6 is 0 Å². The molecule has 1 aliphatic heterocycles. The fourth-order valence-electron chi connectivity index (χ4n) is 1.38. The largest absolute Gasteiger partial charge is 0.325 e. The highest BCUT2D eigenvalue weighted by atomic mass is 15.2. The summed E-state index contributed by atoms with van der Waals surface area (Å²) in [4.78, 5) is 2.44. The number of likely N-dealkylation sites (tertiary alicyclic amines) is 1. The Bertz CT molecular complexity index is 117. The van der Waals surface area contributed by atoms with Crippen molar-refractivity contribution in [2.75, 3.05) is 19.6 Å². The van der Waals surface area contributed by atoms with Crippen LogP contribution in [0.2, 0.25) is 0 Å². The number of nitrogens with two attached hydrogens (primary N) is 1. The molecule has 0 aromatic heterocycles. The van der Waals surface area contributed by atoms with E-state index in [0.717, 1.165) is 24.9 Å². The number of hydrogen-bond acceptors (Lipinski definition) is 2. The Labute approximate surface area is 69.8 Å². The van der Waals surface area contributed by atoms with E-state index in [-0.39, 0.29) is 0 Å². The minimum absolute atomic E-state index is 0.453. The average molecular weight is 156 g/mol. The van der Waals surface area contributed by atoms with E-state index in [9.17, 15) is 0 Å². The molecule has 1 rings (SSSR count). The van der Waals surface area contributed by atoms with Crippen LogP contribution in [0.5, 0.6) is 0 Å². The molecule has 0 bridgehead atoms. The lowest BCUT2D eigenvalue weighted by Crippen LogP contribution is -2.56. The van der Waals surface area contributed by atoms with Crippen molar-refractivity contribution in [2.45, 2.75) is 26.8 Å². The molecule has 1 unspecified atom stereocenters. The first-order chi connectivity index (χ1) is 5.09. The lowest BCUT2D eigenvalue weighted by atomic mass is 9.96. The molecule has 1 aliphatic rings. The summed E-state index contributed by atoms with van der Waals surface area (Å²) in [6.07, 6.45) is 0. The molecular weight excluding hydrogens is 136 g/mol. The van der Waals surface area contributed by atoms with Crippen LogP contribution in [0, 0.1) is 11.8 Å². The van der Waals surface area contributed by atoms with Crippen LogP contribution in [-0.2, 0) is 0 Å². The van der Waals surface area contributed by atoms with Crippen molar-refractivity contribution in [3.63, 3.8) is 0 Å². The van der Waals surface area contributed by atoms with Gasteiger partial charge >= 0.3 is 0 Å². The van der Waals surface area contributed by atoms with Crippen LogP contribution in [0.1, 0.15) is 20.8 Å². The van der Waals surface area contributed by atoms with E-state index >= 15 is 0 Å². The van der Waals surface area contributed by atoms with Crippen LogP contribution in [0.25, 0.3) is 0 Å². The summed E-state index contributed by atoms with van der Waals surface area (Å²) in [6, 6.07) is 0.453. The van der Waals surface area contributed by atoms with Gasteiger partial charge in [0.15, 0.2) is 0 Å². The van der Waals surface area contributed by atoms with E-state index in [1.54, 1.807) is 0 Å². The van der Waals surface area contributed by atoms with Crippen LogP contribution in [0.3, 0.4) is 0 Å². The first-order valence-corrected chi connectivity index (χ1v) is 4.57. The fourth-order valence-corrected chi connectivity index (χ4v) is 1.38. The predicted molar refractivity (Wildman–Crippen MR) is 48.4 cm³/mol. The first kappa shape index (κ1) is 9.01. The van der Waals surface area contributed by atoms with Gasteiger partial charge in [0, 0.05) is 25.7 Å². The van der Waals surface area contributed by atoms with Gasteiger partial charge in [-0.1, -0.05) is 20.8 Å². The molecule has 1 saturated heterocycles. The Morgan fingerprint density at radius 3 is 2.27 bits per heavy atom. The summed E-state index contributed by atoms with van der Waals surface area (Å²) in [5, 5.41) is 0.